The first-order valence-electron chi connectivity index (χ1n) is 13.1. The van der Waals surface area contributed by atoms with Gasteiger partial charge in [-0.1, -0.05) is 26.8 Å². The van der Waals surface area contributed by atoms with E-state index in [9.17, 15) is 18.3 Å². The number of carbonyl (C=O) groups excluding carboxylic acids is 1. The molecule has 200 valence electrons. The first kappa shape index (κ1) is 26.0. The van der Waals surface area contributed by atoms with Crippen LogP contribution in [0.4, 0.5) is 17.3 Å². The Labute approximate surface area is 220 Å². The van der Waals surface area contributed by atoms with E-state index < -0.39 is 15.4 Å². The largest absolute Gasteiger partial charge is 0.386 e. The molecule has 37 heavy (non-hydrogen) atoms. The molecule has 0 unspecified atom stereocenters. The van der Waals surface area contributed by atoms with Crippen molar-refractivity contribution in [3.63, 3.8) is 0 Å². The van der Waals surface area contributed by atoms with Crippen molar-refractivity contribution in [2.45, 2.75) is 63.9 Å². The number of piperidine rings is 1. The van der Waals surface area contributed by atoms with E-state index >= 15 is 0 Å². The van der Waals surface area contributed by atoms with Gasteiger partial charge in [0.2, 0.25) is 0 Å². The fourth-order valence-corrected chi connectivity index (χ4v) is 7.36. The lowest BCUT2D eigenvalue weighted by Crippen LogP contribution is -2.60. The van der Waals surface area contributed by atoms with Gasteiger partial charge >= 0.3 is 0 Å². The fourth-order valence-electron chi connectivity index (χ4n) is 5.46. The van der Waals surface area contributed by atoms with Crippen LogP contribution in [0.2, 0.25) is 0 Å². The van der Waals surface area contributed by atoms with Gasteiger partial charge in [0.15, 0.2) is 9.84 Å². The highest BCUT2D eigenvalue weighted by Gasteiger charge is 2.45. The quantitative estimate of drug-likeness (QED) is 0.584. The molecule has 2 aliphatic heterocycles. The summed E-state index contributed by atoms with van der Waals surface area (Å²) in [5, 5.41) is 13.1. The maximum Gasteiger partial charge on any atom is 0.259 e. The van der Waals surface area contributed by atoms with E-state index in [4.69, 9.17) is 4.98 Å². The lowest BCUT2D eigenvalue weighted by Gasteiger charge is -2.45. The van der Waals surface area contributed by atoms with Crippen LogP contribution in [0.3, 0.4) is 0 Å². The Balaban J connectivity index is 1.39. The number of carbonyl (C=O) groups is 1. The van der Waals surface area contributed by atoms with Crippen LogP contribution < -0.4 is 15.1 Å². The summed E-state index contributed by atoms with van der Waals surface area (Å²) < 4.78 is 25.8. The number of nitrogens with zero attached hydrogens (tertiary/aromatic N) is 3. The number of aromatic nitrogens is 1. The van der Waals surface area contributed by atoms with Gasteiger partial charge in [-0.3, -0.25) is 4.79 Å². The molecule has 2 saturated heterocycles. The van der Waals surface area contributed by atoms with Crippen LogP contribution in [0.15, 0.2) is 41.3 Å². The maximum atomic E-state index is 13.5. The molecule has 1 aromatic heterocycles. The lowest BCUT2D eigenvalue weighted by atomic mass is 9.93. The first-order chi connectivity index (χ1) is 17.2. The van der Waals surface area contributed by atoms with Gasteiger partial charge < -0.3 is 20.2 Å². The van der Waals surface area contributed by atoms with Crippen LogP contribution in [0.1, 0.15) is 63.7 Å². The van der Waals surface area contributed by atoms with Crippen molar-refractivity contribution in [3.8, 4) is 0 Å². The second kappa shape index (κ2) is 8.98. The smallest absolute Gasteiger partial charge is 0.259 e. The highest BCUT2D eigenvalue weighted by molar-refractivity contribution is 7.91. The number of benzene rings is 1. The van der Waals surface area contributed by atoms with Crippen molar-refractivity contribution in [2.75, 3.05) is 47.0 Å². The SMILES string of the molecule is CC(C)(C)CS(=O)(=O)c1cccc(NC(=O)c2ccc(N3CC(C)(O)C3)nc2N2CCC3(CC2)CC3)c1. The third-order valence-electron chi connectivity index (χ3n) is 7.65. The van der Waals surface area contributed by atoms with Gasteiger partial charge in [-0.15, -0.1) is 0 Å². The van der Waals surface area contributed by atoms with Gasteiger partial charge in [-0.05, 0) is 73.8 Å². The summed E-state index contributed by atoms with van der Waals surface area (Å²) in [5.41, 5.74) is 0.290. The second-order valence-electron chi connectivity index (χ2n) is 12.7. The summed E-state index contributed by atoms with van der Waals surface area (Å²) in [5.74, 6) is 1.10. The van der Waals surface area contributed by atoms with E-state index in [1.807, 2.05) is 38.7 Å². The van der Waals surface area contributed by atoms with Crippen molar-refractivity contribution < 1.29 is 18.3 Å². The van der Waals surface area contributed by atoms with Crippen LogP contribution >= 0.6 is 0 Å². The summed E-state index contributed by atoms with van der Waals surface area (Å²) in [4.78, 5) is 22.8. The molecule has 1 saturated carbocycles. The number of β-amino-alcohol motifs (C(OH)–C–C–N with tert-alkyl or cyclic N) is 1. The molecule has 3 fully saturated rings. The van der Waals surface area contributed by atoms with Gasteiger partial charge in [0.25, 0.3) is 5.91 Å². The highest BCUT2D eigenvalue weighted by Crippen LogP contribution is 2.54. The summed E-state index contributed by atoms with van der Waals surface area (Å²) in [6.45, 7) is 10.2. The number of hydrogen-bond donors (Lipinski definition) is 2. The molecule has 0 radical (unpaired) electrons. The minimum absolute atomic E-state index is 0.0206. The minimum Gasteiger partial charge on any atom is -0.386 e. The number of pyridine rings is 1. The fraction of sp³-hybridized carbons (Fsp3) is 0.571. The molecule has 3 heterocycles. The van der Waals surface area contributed by atoms with E-state index in [1.165, 1.54) is 18.9 Å². The minimum atomic E-state index is -3.49. The molecule has 1 amide bonds. The second-order valence-corrected chi connectivity index (χ2v) is 14.7. The highest BCUT2D eigenvalue weighted by atomic mass is 32.2. The van der Waals surface area contributed by atoms with Crippen LogP contribution in [0.5, 0.6) is 0 Å². The Morgan fingerprint density at radius 1 is 1.05 bits per heavy atom. The molecule has 1 aromatic carbocycles. The molecular weight excluding hydrogens is 488 g/mol. The Bertz CT molecular complexity index is 1290. The zero-order valence-corrected chi connectivity index (χ0v) is 23.1. The predicted octanol–water partition coefficient (Wildman–Crippen LogP) is 4.11. The molecule has 5 rings (SSSR count). The number of aliphatic hydroxyl groups is 1. The van der Waals surface area contributed by atoms with Crippen LogP contribution in [0.25, 0.3) is 0 Å². The molecule has 1 spiro atoms. The Morgan fingerprint density at radius 2 is 1.73 bits per heavy atom. The predicted molar refractivity (Wildman–Crippen MR) is 146 cm³/mol. The van der Waals surface area contributed by atoms with Crippen molar-refractivity contribution in [3.05, 3.63) is 42.0 Å². The van der Waals surface area contributed by atoms with E-state index in [0.717, 1.165) is 31.7 Å². The Hall–Kier alpha value is -2.65. The topological polar surface area (TPSA) is 103 Å². The van der Waals surface area contributed by atoms with E-state index in [2.05, 4.69) is 10.2 Å². The maximum absolute atomic E-state index is 13.5. The average molecular weight is 527 g/mol. The molecule has 9 heteroatoms. The number of amides is 1. The van der Waals surface area contributed by atoms with Gasteiger partial charge in [-0.25, -0.2) is 13.4 Å². The summed E-state index contributed by atoms with van der Waals surface area (Å²) in [6.07, 6.45) is 4.79. The van der Waals surface area contributed by atoms with Crippen molar-refractivity contribution in [1.82, 2.24) is 4.98 Å². The van der Waals surface area contributed by atoms with Crippen molar-refractivity contribution in [2.24, 2.45) is 10.8 Å². The molecule has 1 aliphatic carbocycles. The molecular formula is C28H38N4O4S. The standard InChI is InChI=1S/C28H38N4O4S/c1-26(2,3)19-37(35,36)21-7-5-6-20(16-21)29-25(33)22-8-9-23(32-17-27(4,34)18-32)30-24(22)31-14-12-28(10-11-28)13-15-31/h5-9,16,34H,10-15,17-19H2,1-4H3,(H,29,33). The van der Waals surface area contributed by atoms with Crippen molar-refractivity contribution >= 4 is 33.1 Å². The summed E-state index contributed by atoms with van der Waals surface area (Å²) in [7, 11) is -3.49. The molecule has 2 aromatic rings. The number of sulfone groups is 1. The average Bonchev–Trinajstić information content (AvgIpc) is 3.55. The van der Waals surface area contributed by atoms with Crippen molar-refractivity contribution in [1.29, 1.82) is 0 Å². The third kappa shape index (κ3) is 5.77. The molecule has 3 aliphatic rings. The van der Waals surface area contributed by atoms with E-state index in [0.29, 0.717) is 35.6 Å². The van der Waals surface area contributed by atoms with Crippen LogP contribution in [0, 0.1) is 10.8 Å². The summed E-state index contributed by atoms with van der Waals surface area (Å²) in [6, 6.07) is 10.1. The zero-order valence-electron chi connectivity index (χ0n) is 22.2. The van der Waals surface area contributed by atoms with Gasteiger partial charge in [0.05, 0.1) is 21.8 Å². The molecule has 2 N–H and O–H groups in total. The van der Waals surface area contributed by atoms with Gasteiger partial charge in [0, 0.05) is 31.9 Å². The number of rotatable bonds is 6. The van der Waals surface area contributed by atoms with Crippen LogP contribution in [-0.4, -0.2) is 61.9 Å². The van der Waals surface area contributed by atoms with Crippen LogP contribution in [-0.2, 0) is 9.84 Å². The Morgan fingerprint density at radius 3 is 2.32 bits per heavy atom. The van der Waals surface area contributed by atoms with Gasteiger partial charge in [0.1, 0.15) is 11.6 Å². The number of nitrogens with one attached hydrogen (secondary N) is 1. The Kier molecular flexibility index (Phi) is 6.30. The lowest BCUT2D eigenvalue weighted by molar-refractivity contribution is 0.0305. The molecule has 0 bridgehead atoms. The molecule has 8 nitrogen and oxygen atoms in total. The van der Waals surface area contributed by atoms with E-state index in [1.54, 1.807) is 24.3 Å². The summed E-state index contributed by atoms with van der Waals surface area (Å²) >= 11 is 0. The number of hydrogen-bond acceptors (Lipinski definition) is 7. The monoisotopic (exact) mass is 526 g/mol. The zero-order chi connectivity index (χ0) is 26.6. The van der Waals surface area contributed by atoms with E-state index in [-0.39, 0.29) is 22.0 Å². The third-order valence-corrected chi connectivity index (χ3v) is 9.87. The normalized spacial score (nSPS) is 20.5. The number of anilines is 3. The van der Waals surface area contributed by atoms with Gasteiger partial charge in [-0.2, -0.15) is 0 Å². The first-order valence-corrected chi connectivity index (χ1v) is 14.8. The molecule has 0 atom stereocenters.